The third-order valence-electron chi connectivity index (χ3n) is 4.80. The van der Waals surface area contributed by atoms with Crippen molar-refractivity contribution in [2.24, 2.45) is 0 Å². The minimum absolute atomic E-state index is 0.138. The number of hydrogen-bond donors (Lipinski definition) is 1. The molecule has 2 aromatic rings. The second kappa shape index (κ2) is 8.40. The van der Waals surface area contributed by atoms with Crippen LogP contribution in [-0.4, -0.2) is 57.6 Å². The van der Waals surface area contributed by atoms with E-state index in [4.69, 9.17) is 14.2 Å². The van der Waals surface area contributed by atoms with Crippen LogP contribution in [0.25, 0.3) is 0 Å². The van der Waals surface area contributed by atoms with E-state index in [1.54, 1.807) is 36.4 Å². The van der Waals surface area contributed by atoms with Gasteiger partial charge < -0.3 is 19.5 Å². The van der Waals surface area contributed by atoms with Gasteiger partial charge in [-0.1, -0.05) is 24.3 Å². The molecule has 1 fully saturated rings. The number of benzene rings is 2. The monoisotopic (exact) mass is 418 g/mol. The largest absolute Gasteiger partial charge is 0.485 e. The Morgan fingerprint density at radius 3 is 2.45 bits per heavy atom. The molecule has 1 atom stereocenters. The Hall–Kier alpha value is -2.62. The quantitative estimate of drug-likeness (QED) is 0.783. The molecule has 0 aromatic heterocycles. The predicted molar refractivity (Wildman–Crippen MR) is 104 cm³/mol. The molecule has 2 heterocycles. The first kappa shape index (κ1) is 19.7. The van der Waals surface area contributed by atoms with Crippen LogP contribution >= 0.6 is 0 Å². The summed E-state index contributed by atoms with van der Waals surface area (Å²) in [5.41, 5.74) is 0.788. The van der Waals surface area contributed by atoms with Gasteiger partial charge in [0.1, 0.15) is 6.61 Å². The van der Waals surface area contributed by atoms with Crippen LogP contribution in [0.3, 0.4) is 0 Å². The molecular weight excluding hydrogens is 396 g/mol. The number of para-hydroxylation sites is 2. The first-order valence-corrected chi connectivity index (χ1v) is 10.8. The first-order chi connectivity index (χ1) is 14.0. The average Bonchev–Trinajstić information content (AvgIpc) is 2.78. The third-order valence-corrected chi connectivity index (χ3v) is 6.71. The van der Waals surface area contributed by atoms with Gasteiger partial charge in [-0.3, -0.25) is 4.79 Å². The van der Waals surface area contributed by atoms with Crippen LogP contribution < -0.4 is 14.8 Å². The Morgan fingerprint density at radius 2 is 1.72 bits per heavy atom. The highest BCUT2D eigenvalue weighted by molar-refractivity contribution is 7.89. The standard InChI is InChI=1S/C20H22N2O6S/c23-20(19-14-27-17-3-1-2-4-18(17)28-19)21-13-15-5-7-16(8-6-15)29(24,25)22-9-11-26-12-10-22/h1-8,19H,9-14H2,(H,21,23)/t19-/m0/s1. The molecule has 154 valence electrons. The van der Waals surface area contributed by atoms with Gasteiger partial charge in [0.2, 0.25) is 16.1 Å². The number of carbonyl (C=O) groups excluding carboxylic acids is 1. The molecule has 0 bridgehead atoms. The van der Waals surface area contributed by atoms with Gasteiger partial charge in [0.05, 0.1) is 18.1 Å². The summed E-state index contributed by atoms with van der Waals surface area (Å²) in [6, 6.07) is 13.7. The molecule has 1 amide bonds. The Morgan fingerprint density at radius 1 is 1.03 bits per heavy atom. The van der Waals surface area contributed by atoms with Crippen molar-refractivity contribution in [2.75, 3.05) is 32.9 Å². The van der Waals surface area contributed by atoms with Gasteiger partial charge in [-0.25, -0.2) is 8.42 Å². The van der Waals surface area contributed by atoms with Crippen LogP contribution in [0.5, 0.6) is 11.5 Å². The topological polar surface area (TPSA) is 94.2 Å². The number of rotatable bonds is 5. The minimum atomic E-state index is -3.53. The Balaban J connectivity index is 1.34. The molecule has 1 saturated heterocycles. The normalized spacial score (nSPS) is 19.5. The van der Waals surface area contributed by atoms with Gasteiger partial charge in [-0.15, -0.1) is 0 Å². The highest BCUT2D eigenvalue weighted by atomic mass is 32.2. The lowest BCUT2D eigenvalue weighted by atomic mass is 10.2. The van der Waals surface area contributed by atoms with E-state index < -0.39 is 16.1 Å². The van der Waals surface area contributed by atoms with Crippen molar-refractivity contribution < 1.29 is 27.4 Å². The molecule has 2 aromatic carbocycles. The summed E-state index contributed by atoms with van der Waals surface area (Å²) >= 11 is 0. The molecule has 1 N–H and O–H groups in total. The fourth-order valence-electron chi connectivity index (χ4n) is 3.17. The Labute approximate surface area is 169 Å². The number of carbonyl (C=O) groups is 1. The Kier molecular flexibility index (Phi) is 5.70. The lowest BCUT2D eigenvalue weighted by Crippen LogP contribution is -2.43. The summed E-state index contributed by atoms with van der Waals surface area (Å²) < 4.78 is 43.1. The van der Waals surface area contributed by atoms with Crippen molar-refractivity contribution in [1.29, 1.82) is 0 Å². The lowest BCUT2D eigenvalue weighted by molar-refractivity contribution is -0.130. The lowest BCUT2D eigenvalue weighted by Gasteiger charge is -2.26. The molecule has 0 unspecified atom stereocenters. The summed E-state index contributed by atoms with van der Waals surface area (Å²) in [5, 5.41) is 2.80. The minimum Gasteiger partial charge on any atom is -0.485 e. The molecule has 0 saturated carbocycles. The van der Waals surface area contributed by atoms with Crippen molar-refractivity contribution in [3.8, 4) is 11.5 Å². The SMILES string of the molecule is O=C(NCc1ccc(S(=O)(=O)N2CCOCC2)cc1)[C@@H]1COc2ccccc2O1. The predicted octanol–water partition coefficient (Wildman–Crippen LogP) is 1.16. The van der Waals surface area contributed by atoms with Crippen LogP contribution in [0.2, 0.25) is 0 Å². The van der Waals surface area contributed by atoms with Crippen molar-refractivity contribution in [3.05, 3.63) is 54.1 Å². The van der Waals surface area contributed by atoms with E-state index in [1.165, 1.54) is 4.31 Å². The van der Waals surface area contributed by atoms with Gasteiger partial charge in [0, 0.05) is 19.6 Å². The zero-order chi connectivity index (χ0) is 20.3. The van der Waals surface area contributed by atoms with E-state index in [2.05, 4.69) is 5.32 Å². The molecular formula is C20H22N2O6S. The summed E-state index contributed by atoms with van der Waals surface area (Å²) in [4.78, 5) is 12.6. The van der Waals surface area contributed by atoms with Crippen molar-refractivity contribution in [1.82, 2.24) is 9.62 Å². The number of nitrogens with zero attached hydrogens (tertiary/aromatic N) is 1. The van der Waals surface area contributed by atoms with Crippen molar-refractivity contribution >= 4 is 15.9 Å². The van der Waals surface area contributed by atoms with Crippen LogP contribution in [0.1, 0.15) is 5.56 Å². The van der Waals surface area contributed by atoms with Gasteiger partial charge >= 0.3 is 0 Å². The first-order valence-electron chi connectivity index (χ1n) is 9.37. The maximum Gasteiger partial charge on any atom is 0.264 e. The zero-order valence-corrected chi connectivity index (χ0v) is 16.6. The maximum absolute atomic E-state index is 12.6. The van der Waals surface area contributed by atoms with Gasteiger partial charge in [0.15, 0.2) is 11.5 Å². The molecule has 0 aliphatic carbocycles. The summed E-state index contributed by atoms with van der Waals surface area (Å²) in [6.45, 7) is 1.92. The van der Waals surface area contributed by atoms with E-state index in [1.807, 2.05) is 12.1 Å². The van der Waals surface area contributed by atoms with Gasteiger partial charge in [0.25, 0.3) is 5.91 Å². The van der Waals surface area contributed by atoms with Crippen LogP contribution in [0.15, 0.2) is 53.4 Å². The van der Waals surface area contributed by atoms with Gasteiger partial charge in [-0.05, 0) is 29.8 Å². The van der Waals surface area contributed by atoms with E-state index >= 15 is 0 Å². The molecule has 29 heavy (non-hydrogen) atoms. The van der Waals surface area contributed by atoms with Crippen LogP contribution in [0.4, 0.5) is 0 Å². The number of nitrogens with one attached hydrogen (secondary N) is 1. The zero-order valence-electron chi connectivity index (χ0n) is 15.7. The second-order valence-corrected chi connectivity index (χ2v) is 8.68. The summed E-state index contributed by atoms with van der Waals surface area (Å²) in [7, 11) is -3.53. The molecule has 0 radical (unpaired) electrons. The fraction of sp³-hybridized carbons (Fsp3) is 0.350. The second-order valence-electron chi connectivity index (χ2n) is 6.74. The number of morpholine rings is 1. The molecule has 8 nitrogen and oxygen atoms in total. The molecule has 0 spiro atoms. The van der Waals surface area contributed by atoms with Crippen LogP contribution in [-0.2, 0) is 26.1 Å². The summed E-state index contributed by atoms with van der Waals surface area (Å²) in [5.74, 6) is 0.870. The number of amides is 1. The molecule has 2 aliphatic rings. The molecule has 4 rings (SSSR count). The highest BCUT2D eigenvalue weighted by Crippen LogP contribution is 2.30. The van der Waals surface area contributed by atoms with E-state index in [9.17, 15) is 13.2 Å². The number of hydrogen-bond acceptors (Lipinski definition) is 6. The van der Waals surface area contributed by atoms with Crippen molar-refractivity contribution in [3.63, 3.8) is 0 Å². The number of sulfonamides is 1. The Bertz CT molecular complexity index is 971. The molecule has 2 aliphatic heterocycles. The van der Waals surface area contributed by atoms with E-state index in [0.717, 1.165) is 5.56 Å². The highest BCUT2D eigenvalue weighted by Gasteiger charge is 2.28. The van der Waals surface area contributed by atoms with E-state index in [-0.39, 0.29) is 24.0 Å². The third kappa shape index (κ3) is 4.36. The smallest absolute Gasteiger partial charge is 0.264 e. The van der Waals surface area contributed by atoms with Gasteiger partial charge in [-0.2, -0.15) is 4.31 Å². The maximum atomic E-state index is 12.6. The summed E-state index contributed by atoms with van der Waals surface area (Å²) in [6.07, 6.45) is -0.731. The number of ether oxygens (including phenoxy) is 3. The van der Waals surface area contributed by atoms with E-state index in [0.29, 0.717) is 37.8 Å². The fourth-order valence-corrected chi connectivity index (χ4v) is 4.57. The average molecular weight is 418 g/mol. The van der Waals surface area contributed by atoms with Crippen LogP contribution in [0, 0.1) is 0 Å². The number of fused-ring (bicyclic) bond motifs is 1. The molecule has 9 heteroatoms. The van der Waals surface area contributed by atoms with Crippen molar-refractivity contribution in [2.45, 2.75) is 17.5 Å².